The molecular weight excluding hydrogens is 1340 g/mol. The molecule has 0 N–H and O–H groups in total. The quantitative estimate of drug-likeness (QED) is 0.0603. The van der Waals surface area contributed by atoms with E-state index in [1.807, 2.05) is 103 Å². The second kappa shape index (κ2) is 29.2. The number of rotatable bonds is 22. The molecule has 0 radical (unpaired) electrons. The summed E-state index contributed by atoms with van der Waals surface area (Å²) in [6.07, 6.45) is 21.8. The van der Waals surface area contributed by atoms with Crippen molar-refractivity contribution in [1.29, 1.82) is 0 Å². The fourth-order valence-corrected chi connectivity index (χ4v) is 66.6. The molecule has 22 heteroatoms. The largest absolute Gasteiger partial charge is 0.515 e. The van der Waals surface area contributed by atoms with Gasteiger partial charge in [-0.25, -0.2) is 0 Å². The maximum Gasteiger partial charge on any atom is 0.515 e. The molecule has 94 heavy (non-hydrogen) atoms. The van der Waals surface area contributed by atoms with Crippen molar-refractivity contribution in [2.45, 2.75) is 173 Å². The molecule has 3 saturated carbocycles. The predicted octanol–water partition coefficient (Wildman–Crippen LogP) is 13.7. The molecule has 13 rings (SSSR count). The topological polar surface area (TPSA) is 111 Å². The zero-order valence-corrected chi connectivity index (χ0v) is 66.2. The summed E-state index contributed by atoms with van der Waals surface area (Å²) in [5.74, 6) is 1.79. The van der Waals surface area contributed by atoms with Crippen molar-refractivity contribution in [2.24, 2.45) is 17.8 Å². The fraction of sp³-hybridized carbons (Fsp3) is 0.417. The summed E-state index contributed by atoms with van der Waals surface area (Å²) in [4.78, 5) is 0. The van der Waals surface area contributed by atoms with Crippen LogP contribution in [0.4, 0.5) is 0 Å². The minimum atomic E-state index is -4.96. The molecule has 0 aromatic heterocycles. The summed E-state index contributed by atoms with van der Waals surface area (Å²) >= 11 is 0. The molecule has 3 aliphatic heterocycles. The summed E-state index contributed by atoms with van der Waals surface area (Å²) < 4.78 is 105. The standard InChI is InChI=1S/C72H98O12Si10/c1-85(2,60-57-63-37-17-7-18-38-63)73-88(66-43-23-10-24-44-66)76-91(69-49-29-13-30-50-69)78-89(67-45-25-11-26-46-67,74-86(3,4)61-58-64-39-19-8-20-40-64)80-93(71-53-33-15-34-54-71)81-90(68-47-27-12-28-48-68,75-87(5,6)62-59-65-41-21-9-22-42-65)79-92(77-88,70-51-31-14-32-52-70)83-94(82-91,84-93)72-55-35-16-36-56-72/h10-16,23-36,43-56,63-65H,7-9,17-22,37-42,57-62H2,1-6H3. The average molecular weight is 1440 g/mol. The minimum Gasteiger partial charge on any atom is -0.413 e. The van der Waals surface area contributed by atoms with Crippen LogP contribution in [0.5, 0.6) is 0 Å². The van der Waals surface area contributed by atoms with Crippen molar-refractivity contribution in [3.05, 3.63) is 212 Å². The van der Waals surface area contributed by atoms with E-state index in [0.717, 1.165) is 53.0 Å². The highest BCUT2D eigenvalue weighted by Gasteiger charge is 2.81. The molecule has 7 aromatic rings. The molecule has 498 valence electrons. The smallest absolute Gasteiger partial charge is 0.413 e. The molecule has 3 aliphatic carbocycles. The predicted molar refractivity (Wildman–Crippen MR) is 396 cm³/mol. The first kappa shape index (κ1) is 68.7. The Balaban J connectivity index is 1.16. The Morgan fingerprint density at radius 3 is 0.638 bits per heavy atom. The van der Waals surface area contributed by atoms with Gasteiger partial charge < -0.3 is 49.4 Å². The Morgan fingerprint density at radius 1 is 0.255 bits per heavy atom. The Kier molecular flexibility index (Phi) is 21.4. The van der Waals surface area contributed by atoms with Gasteiger partial charge in [-0.15, -0.1) is 0 Å². The Hall–Kier alpha value is -3.77. The first-order valence-electron chi connectivity index (χ1n) is 35.3. The van der Waals surface area contributed by atoms with E-state index < -0.39 is 86.6 Å². The fourth-order valence-electron chi connectivity index (χ4n) is 15.1. The van der Waals surface area contributed by atoms with Crippen LogP contribution in [0.1, 0.15) is 116 Å². The zero-order chi connectivity index (χ0) is 64.9. The van der Waals surface area contributed by atoms with Gasteiger partial charge in [0.1, 0.15) is 0 Å². The van der Waals surface area contributed by atoms with Gasteiger partial charge in [0.25, 0.3) is 0 Å². The first-order chi connectivity index (χ1) is 45.5. The lowest BCUT2D eigenvalue weighted by Crippen LogP contribution is -2.92. The van der Waals surface area contributed by atoms with E-state index in [4.69, 9.17) is 49.4 Å². The molecular formula is C72H98O12Si10. The van der Waals surface area contributed by atoms with Gasteiger partial charge in [-0.1, -0.05) is 328 Å². The van der Waals surface area contributed by atoms with Crippen molar-refractivity contribution >= 4 is 123 Å². The van der Waals surface area contributed by atoms with Crippen LogP contribution >= 0.6 is 0 Å². The van der Waals surface area contributed by atoms with Gasteiger partial charge in [0.15, 0.2) is 25.0 Å². The maximum absolute atomic E-state index is 8.82. The van der Waals surface area contributed by atoms with Crippen molar-refractivity contribution in [3.8, 4) is 0 Å². The van der Waals surface area contributed by atoms with Crippen LogP contribution in [-0.4, -0.2) is 86.6 Å². The summed E-state index contributed by atoms with van der Waals surface area (Å²) in [6.45, 7) is 14.0. The highest BCUT2D eigenvalue weighted by atomic mass is 28.6. The van der Waals surface area contributed by atoms with Crippen LogP contribution < -0.4 is 36.3 Å². The molecule has 3 saturated heterocycles. The van der Waals surface area contributed by atoms with E-state index >= 15 is 0 Å². The zero-order valence-electron chi connectivity index (χ0n) is 56.2. The number of fused-ring (bicyclic) bond motifs is 3. The lowest BCUT2D eigenvalue weighted by Gasteiger charge is -2.59. The number of hydrogen-bond donors (Lipinski definition) is 0. The van der Waals surface area contributed by atoms with Gasteiger partial charge in [0.2, 0.25) is 0 Å². The normalized spacial score (nSPS) is 29.3. The van der Waals surface area contributed by atoms with E-state index in [9.17, 15) is 0 Å². The summed E-state index contributed by atoms with van der Waals surface area (Å²) in [7, 11) is -43.2. The molecule has 0 unspecified atom stereocenters. The Bertz CT molecular complexity index is 3160. The van der Waals surface area contributed by atoms with E-state index in [1.54, 1.807) is 0 Å². The van der Waals surface area contributed by atoms with Gasteiger partial charge in [0.05, 0.1) is 0 Å². The Morgan fingerprint density at radius 2 is 0.436 bits per heavy atom. The van der Waals surface area contributed by atoms with Crippen LogP contribution in [0.25, 0.3) is 0 Å². The van der Waals surface area contributed by atoms with Gasteiger partial charge in [0, 0.05) is 36.3 Å². The average Bonchev–Trinajstić information content (AvgIpc) is 0.683. The van der Waals surface area contributed by atoms with Crippen molar-refractivity contribution in [2.75, 3.05) is 0 Å². The monoisotopic (exact) mass is 1430 g/mol. The van der Waals surface area contributed by atoms with E-state index in [2.05, 4.69) is 148 Å². The van der Waals surface area contributed by atoms with Crippen molar-refractivity contribution < 1.29 is 49.4 Å². The lowest BCUT2D eigenvalue weighted by atomic mass is 9.88. The van der Waals surface area contributed by atoms with E-state index in [-0.39, 0.29) is 0 Å². The summed E-state index contributed by atoms with van der Waals surface area (Å²) in [5.41, 5.74) is 0. The third kappa shape index (κ3) is 15.5. The first-order valence-corrected chi connectivity index (χ1v) is 56.7. The minimum absolute atomic E-state index is 0.598. The van der Waals surface area contributed by atoms with Gasteiger partial charge in [-0.2, -0.15) is 0 Å². The molecule has 3 heterocycles. The third-order valence-electron chi connectivity index (χ3n) is 20.2. The lowest BCUT2D eigenvalue weighted by molar-refractivity contribution is 0.0382. The van der Waals surface area contributed by atoms with Crippen LogP contribution in [0, 0.1) is 17.8 Å². The SMILES string of the molecule is C[Si](C)(CCC1CCCCC1)O[Si]1(c2ccccc2)O[Si]2(c3ccccc3)O[Si](O[Si](C)(C)CCC3CCCCC3)(c3ccccc3)O[Si]3(c4ccccc4)O[Si](O[Si](C)(C)CCC4CCCCC4)(c4ccccc4)O[Si](c4ccccc4)(O1)O[Si](c1ccccc1)(O2)O3. The molecule has 4 bridgehead atoms. The molecule has 0 atom stereocenters. The van der Waals surface area contributed by atoms with Gasteiger partial charge in [-0.05, 0) is 75.2 Å². The Labute approximate surface area is 571 Å². The van der Waals surface area contributed by atoms with Crippen LogP contribution in [-0.2, 0) is 49.4 Å². The van der Waals surface area contributed by atoms with Gasteiger partial charge in [-0.3, -0.25) is 0 Å². The van der Waals surface area contributed by atoms with Crippen molar-refractivity contribution in [3.63, 3.8) is 0 Å². The summed E-state index contributed by atoms with van der Waals surface area (Å²) in [6, 6.07) is 74.4. The van der Waals surface area contributed by atoms with Crippen LogP contribution in [0.3, 0.4) is 0 Å². The molecule has 7 aromatic carbocycles. The highest BCUT2D eigenvalue weighted by molar-refractivity contribution is 7.11. The molecule has 6 aliphatic rings. The summed E-state index contributed by atoms with van der Waals surface area (Å²) in [5, 5.41) is 4.75. The molecule has 6 fully saturated rings. The molecule has 0 amide bonds. The highest BCUT2D eigenvalue weighted by Crippen LogP contribution is 2.46. The van der Waals surface area contributed by atoms with Gasteiger partial charge >= 0.3 is 61.6 Å². The third-order valence-corrected chi connectivity index (χ3v) is 61.1. The molecule has 0 spiro atoms. The number of benzene rings is 7. The number of hydrogen-bond acceptors (Lipinski definition) is 12. The van der Waals surface area contributed by atoms with E-state index in [0.29, 0.717) is 38.5 Å². The maximum atomic E-state index is 8.82. The van der Waals surface area contributed by atoms with Crippen LogP contribution in [0.15, 0.2) is 212 Å². The van der Waals surface area contributed by atoms with E-state index in [1.165, 1.54) is 96.3 Å². The van der Waals surface area contributed by atoms with Crippen LogP contribution in [0.2, 0.25) is 57.4 Å². The second-order valence-electron chi connectivity index (χ2n) is 29.1. The molecule has 12 nitrogen and oxygen atoms in total. The second-order valence-corrected chi connectivity index (χ2v) is 62.8. The van der Waals surface area contributed by atoms with Crippen molar-refractivity contribution in [1.82, 2.24) is 0 Å².